The van der Waals surface area contributed by atoms with Gasteiger partial charge in [0.25, 0.3) is 0 Å². The van der Waals surface area contributed by atoms with Crippen LogP contribution >= 0.6 is 0 Å². The largest absolute Gasteiger partial charge is 0.462 e. The number of hydrogen-bond acceptors (Lipinski definition) is 6. The van der Waals surface area contributed by atoms with E-state index in [1.807, 2.05) is 0 Å². The van der Waals surface area contributed by atoms with Crippen molar-refractivity contribution in [2.45, 2.75) is 258 Å². The molecule has 1 atom stereocenters. The molecule has 0 heterocycles. The van der Waals surface area contributed by atoms with E-state index in [1.165, 1.54) is 128 Å². The number of unbranched alkanes of at least 4 members (excludes halogenated alkanes) is 26. The number of ether oxygens (including phenoxy) is 3. The molecule has 0 saturated heterocycles. The van der Waals surface area contributed by atoms with Crippen LogP contribution in [0.2, 0.25) is 0 Å². The highest BCUT2D eigenvalue weighted by Crippen LogP contribution is 2.15. The standard InChI is InChI=1S/C53H94O6/c1-4-7-10-13-16-19-20-21-22-23-24-25-26-27-28-29-30-31-32-33-34-35-38-40-43-46-52(55)58-49-50(59-53(56)47-44-41-37-18-15-12-9-6-3)48-57-51(54)45-42-39-36-17-14-11-8-5-2/h7,10,16,19,21-22,24-25,50H,4-6,8-9,11-15,17-18,20,23,26-49H2,1-3H3/b10-7-,19-16-,22-21-,25-24-. The van der Waals surface area contributed by atoms with E-state index in [9.17, 15) is 14.4 Å². The third kappa shape index (κ3) is 46.3. The average molecular weight is 827 g/mol. The lowest BCUT2D eigenvalue weighted by Gasteiger charge is -2.18. The van der Waals surface area contributed by atoms with Gasteiger partial charge in [0.1, 0.15) is 13.2 Å². The highest BCUT2D eigenvalue weighted by molar-refractivity contribution is 5.71. The summed E-state index contributed by atoms with van der Waals surface area (Å²) in [5.41, 5.74) is 0. The first kappa shape index (κ1) is 56.4. The number of esters is 3. The smallest absolute Gasteiger partial charge is 0.306 e. The summed E-state index contributed by atoms with van der Waals surface area (Å²) in [5.74, 6) is -0.877. The highest BCUT2D eigenvalue weighted by atomic mass is 16.6. The second-order valence-electron chi connectivity index (χ2n) is 16.7. The number of carbonyl (C=O) groups is 3. The van der Waals surface area contributed by atoms with Gasteiger partial charge in [-0.15, -0.1) is 0 Å². The molecule has 0 aliphatic carbocycles. The third-order valence-electron chi connectivity index (χ3n) is 10.8. The summed E-state index contributed by atoms with van der Waals surface area (Å²) in [7, 11) is 0. The number of rotatable bonds is 45. The highest BCUT2D eigenvalue weighted by Gasteiger charge is 2.19. The van der Waals surface area contributed by atoms with Crippen LogP contribution < -0.4 is 0 Å². The summed E-state index contributed by atoms with van der Waals surface area (Å²) in [6, 6.07) is 0. The van der Waals surface area contributed by atoms with E-state index in [-0.39, 0.29) is 31.1 Å². The first-order chi connectivity index (χ1) is 29.0. The lowest BCUT2D eigenvalue weighted by atomic mass is 10.0. The summed E-state index contributed by atoms with van der Waals surface area (Å²) < 4.78 is 16.7. The molecular formula is C53H94O6. The minimum atomic E-state index is -0.765. The zero-order chi connectivity index (χ0) is 43.0. The second kappa shape index (κ2) is 48.0. The minimum Gasteiger partial charge on any atom is -0.462 e. The Morgan fingerprint density at radius 2 is 0.661 bits per heavy atom. The quantitative estimate of drug-likeness (QED) is 0.0263. The van der Waals surface area contributed by atoms with Gasteiger partial charge in [-0.25, -0.2) is 0 Å². The monoisotopic (exact) mass is 827 g/mol. The Morgan fingerprint density at radius 3 is 1.03 bits per heavy atom. The van der Waals surface area contributed by atoms with Gasteiger partial charge in [0, 0.05) is 19.3 Å². The van der Waals surface area contributed by atoms with Crippen LogP contribution in [0.1, 0.15) is 252 Å². The van der Waals surface area contributed by atoms with E-state index in [1.54, 1.807) is 0 Å². The number of carbonyl (C=O) groups excluding carboxylic acids is 3. The topological polar surface area (TPSA) is 78.9 Å². The molecule has 6 nitrogen and oxygen atoms in total. The molecule has 1 unspecified atom stereocenters. The molecule has 6 heteroatoms. The first-order valence-electron chi connectivity index (χ1n) is 25.1. The molecule has 0 rings (SSSR count). The van der Waals surface area contributed by atoms with E-state index < -0.39 is 6.10 Å². The van der Waals surface area contributed by atoms with Crippen molar-refractivity contribution < 1.29 is 28.6 Å². The van der Waals surface area contributed by atoms with Crippen LogP contribution in [0.5, 0.6) is 0 Å². The van der Waals surface area contributed by atoms with Crippen molar-refractivity contribution in [3.05, 3.63) is 48.6 Å². The van der Waals surface area contributed by atoms with Gasteiger partial charge in [-0.1, -0.05) is 223 Å². The van der Waals surface area contributed by atoms with Crippen molar-refractivity contribution >= 4 is 17.9 Å². The maximum absolute atomic E-state index is 12.6. The van der Waals surface area contributed by atoms with Crippen LogP contribution in [0.15, 0.2) is 48.6 Å². The van der Waals surface area contributed by atoms with Gasteiger partial charge in [0.15, 0.2) is 6.10 Å². The molecule has 0 aliphatic heterocycles. The lowest BCUT2D eigenvalue weighted by molar-refractivity contribution is -0.167. The van der Waals surface area contributed by atoms with Crippen LogP contribution in [0.3, 0.4) is 0 Å². The summed E-state index contributed by atoms with van der Waals surface area (Å²) in [4.78, 5) is 37.6. The third-order valence-corrected chi connectivity index (χ3v) is 10.8. The van der Waals surface area contributed by atoms with Crippen LogP contribution in [0.4, 0.5) is 0 Å². The summed E-state index contributed by atoms with van der Waals surface area (Å²) in [6.07, 6.45) is 56.9. The van der Waals surface area contributed by atoms with Crippen LogP contribution in [-0.4, -0.2) is 37.2 Å². The normalized spacial score (nSPS) is 12.4. The summed E-state index contributed by atoms with van der Waals surface area (Å²) >= 11 is 0. The predicted molar refractivity (Wildman–Crippen MR) is 252 cm³/mol. The average Bonchev–Trinajstić information content (AvgIpc) is 3.23. The number of allylic oxidation sites excluding steroid dienone is 8. The Balaban J connectivity index is 4.07. The Morgan fingerprint density at radius 1 is 0.356 bits per heavy atom. The van der Waals surface area contributed by atoms with Crippen molar-refractivity contribution in [2.75, 3.05) is 13.2 Å². The molecule has 0 radical (unpaired) electrons. The van der Waals surface area contributed by atoms with Gasteiger partial charge in [0.05, 0.1) is 0 Å². The molecule has 0 aromatic carbocycles. The Labute approximate surface area is 365 Å². The molecular weight excluding hydrogens is 733 g/mol. The van der Waals surface area contributed by atoms with Crippen LogP contribution in [-0.2, 0) is 28.6 Å². The fraction of sp³-hybridized carbons (Fsp3) is 0.792. The Bertz CT molecular complexity index is 1040. The molecule has 0 aromatic heterocycles. The zero-order valence-electron chi connectivity index (χ0n) is 39.0. The SMILES string of the molecule is CC/C=C\C/C=C\C/C=C\C/C=C\CCCCCCCCCCCCCCC(=O)OCC(COC(=O)CCCCCCCCCC)OC(=O)CCCCCCCCCC. The maximum atomic E-state index is 12.6. The second-order valence-corrected chi connectivity index (χ2v) is 16.7. The van der Waals surface area contributed by atoms with Gasteiger partial charge in [-0.3, -0.25) is 14.4 Å². The van der Waals surface area contributed by atoms with E-state index in [0.717, 1.165) is 83.5 Å². The van der Waals surface area contributed by atoms with Crippen molar-refractivity contribution in [2.24, 2.45) is 0 Å². The van der Waals surface area contributed by atoms with E-state index in [4.69, 9.17) is 14.2 Å². The van der Waals surface area contributed by atoms with E-state index >= 15 is 0 Å². The van der Waals surface area contributed by atoms with Crippen LogP contribution in [0, 0.1) is 0 Å². The lowest BCUT2D eigenvalue weighted by Crippen LogP contribution is -2.30. The summed E-state index contributed by atoms with van der Waals surface area (Å²) in [5, 5.41) is 0. The van der Waals surface area contributed by atoms with E-state index in [0.29, 0.717) is 19.3 Å². The van der Waals surface area contributed by atoms with Crippen LogP contribution in [0.25, 0.3) is 0 Å². The molecule has 0 fully saturated rings. The molecule has 0 saturated carbocycles. The fourth-order valence-electron chi connectivity index (χ4n) is 7.08. The predicted octanol–water partition coefficient (Wildman–Crippen LogP) is 16.3. The van der Waals surface area contributed by atoms with Crippen molar-refractivity contribution in [1.29, 1.82) is 0 Å². The molecule has 342 valence electrons. The number of hydrogen-bond donors (Lipinski definition) is 0. The van der Waals surface area contributed by atoms with Gasteiger partial charge >= 0.3 is 17.9 Å². The maximum Gasteiger partial charge on any atom is 0.306 e. The zero-order valence-corrected chi connectivity index (χ0v) is 39.0. The molecule has 0 bridgehead atoms. The molecule has 0 amide bonds. The first-order valence-corrected chi connectivity index (χ1v) is 25.1. The van der Waals surface area contributed by atoms with Gasteiger partial charge < -0.3 is 14.2 Å². The molecule has 0 aromatic rings. The van der Waals surface area contributed by atoms with E-state index in [2.05, 4.69) is 69.4 Å². The minimum absolute atomic E-state index is 0.0705. The Hall–Kier alpha value is -2.63. The molecule has 0 aliphatic rings. The molecule has 0 N–H and O–H groups in total. The van der Waals surface area contributed by atoms with Gasteiger partial charge in [-0.2, -0.15) is 0 Å². The van der Waals surface area contributed by atoms with Crippen molar-refractivity contribution in [3.8, 4) is 0 Å². The van der Waals surface area contributed by atoms with Crippen molar-refractivity contribution in [3.63, 3.8) is 0 Å². The molecule has 0 spiro atoms. The molecule has 59 heavy (non-hydrogen) atoms. The Kier molecular flexibility index (Phi) is 45.9. The van der Waals surface area contributed by atoms with Gasteiger partial charge in [0.2, 0.25) is 0 Å². The van der Waals surface area contributed by atoms with Gasteiger partial charge in [-0.05, 0) is 57.8 Å². The summed E-state index contributed by atoms with van der Waals surface area (Å²) in [6.45, 7) is 6.47. The van der Waals surface area contributed by atoms with Crippen molar-refractivity contribution in [1.82, 2.24) is 0 Å². The fourth-order valence-corrected chi connectivity index (χ4v) is 7.08.